The molecule has 2 atom stereocenters. The zero-order valence-electron chi connectivity index (χ0n) is 19.5. The molecule has 0 bridgehead atoms. The Hall–Kier alpha value is -3.17. The van der Waals surface area contributed by atoms with E-state index in [9.17, 15) is 14.4 Å². The van der Waals surface area contributed by atoms with E-state index in [2.05, 4.69) is 9.88 Å². The summed E-state index contributed by atoms with van der Waals surface area (Å²) >= 11 is 6.03. The molecule has 1 aromatic carbocycles. The third kappa shape index (κ3) is 5.84. The largest absolute Gasteiger partial charge is 0.496 e. The molecule has 34 heavy (non-hydrogen) atoms. The number of methoxy groups -OCH3 is 2. The summed E-state index contributed by atoms with van der Waals surface area (Å²) < 4.78 is 21.5. The van der Waals surface area contributed by atoms with Crippen LogP contribution in [0.5, 0.6) is 17.2 Å². The topological polar surface area (TPSA) is 104 Å². The molecule has 0 spiro atoms. The summed E-state index contributed by atoms with van der Waals surface area (Å²) in [7, 11) is 4.80. The van der Waals surface area contributed by atoms with E-state index >= 15 is 0 Å². The first-order chi connectivity index (χ1) is 16.2. The molecule has 1 aliphatic rings. The van der Waals surface area contributed by atoms with E-state index in [4.69, 9.17) is 30.5 Å². The van der Waals surface area contributed by atoms with E-state index < -0.39 is 5.97 Å². The fraction of sp³-hybridized carbons (Fsp3) is 0.417. The second-order valence-electron chi connectivity index (χ2n) is 7.96. The number of likely N-dealkylation sites (N-methyl/N-ethyl adjacent to an activating group) is 1. The maximum Gasteiger partial charge on any atom is 0.346 e. The van der Waals surface area contributed by atoms with Crippen molar-refractivity contribution in [1.82, 2.24) is 9.88 Å². The van der Waals surface area contributed by atoms with Crippen molar-refractivity contribution in [2.45, 2.75) is 25.8 Å². The molecule has 2 aromatic rings. The van der Waals surface area contributed by atoms with Gasteiger partial charge in [0.1, 0.15) is 34.6 Å². The molecule has 1 fully saturated rings. The maximum atomic E-state index is 13.5. The first kappa shape index (κ1) is 25.5. The lowest BCUT2D eigenvalue weighted by atomic mass is 9.91. The summed E-state index contributed by atoms with van der Waals surface area (Å²) in [6.07, 6.45) is 2.36. The second kappa shape index (κ2) is 11.3. The molecule has 0 aliphatic carbocycles. The summed E-state index contributed by atoms with van der Waals surface area (Å²) in [6.45, 7) is 2.32. The number of hydrogen-bond acceptors (Lipinski definition) is 9. The van der Waals surface area contributed by atoms with Crippen molar-refractivity contribution in [3.05, 3.63) is 46.7 Å². The number of pyridine rings is 1. The van der Waals surface area contributed by atoms with E-state index in [0.717, 1.165) is 13.0 Å². The molecule has 0 N–H and O–H groups in total. The van der Waals surface area contributed by atoms with Crippen LogP contribution in [0.2, 0.25) is 5.15 Å². The summed E-state index contributed by atoms with van der Waals surface area (Å²) in [5, 5.41) is -0.0162. The zero-order chi connectivity index (χ0) is 24.8. The van der Waals surface area contributed by atoms with E-state index in [1.807, 2.05) is 7.05 Å². The van der Waals surface area contributed by atoms with Gasteiger partial charge in [-0.25, -0.2) is 9.78 Å². The van der Waals surface area contributed by atoms with Gasteiger partial charge in [-0.15, -0.1) is 0 Å². The summed E-state index contributed by atoms with van der Waals surface area (Å²) in [6, 6.07) is 5.94. The quantitative estimate of drug-likeness (QED) is 0.226. The highest BCUT2D eigenvalue weighted by atomic mass is 35.5. The van der Waals surface area contributed by atoms with Crippen molar-refractivity contribution >= 4 is 29.3 Å². The monoisotopic (exact) mass is 490 g/mol. The number of Topliss-reactive ketones (excluding diaryl/α,β-unsaturated/α-hetero) is 1. The number of benzene rings is 1. The van der Waals surface area contributed by atoms with Gasteiger partial charge in [0.05, 0.1) is 19.8 Å². The average molecular weight is 491 g/mol. The number of ether oxygens (including phenoxy) is 4. The molecule has 1 saturated heterocycles. The minimum atomic E-state index is -0.768. The lowest BCUT2D eigenvalue weighted by Crippen LogP contribution is -2.35. The Morgan fingerprint density at radius 2 is 1.91 bits per heavy atom. The van der Waals surface area contributed by atoms with Crippen LogP contribution in [0.1, 0.15) is 40.5 Å². The van der Waals surface area contributed by atoms with Crippen LogP contribution in [0.25, 0.3) is 0 Å². The number of likely N-dealkylation sites (tertiary alicyclic amines) is 1. The van der Waals surface area contributed by atoms with Gasteiger partial charge in [-0.1, -0.05) is 11.6 Å². The van der Waals surface area contributed by atoms with Crippen molar-refractivity contribution in [2.75, 3.05) is 34.4 Å². The third-order valence-electron chi connectivity index (χ3n) is 5.82. The van der Waals surface area contributed by atoms with Gasteiger partial charge in [0.2, 0.25) is 0 Å². The number of rotatable bonds is 9. The van der Waals surface area contributed by atoms with E-state index in [1.54, 1.807) is 12.1 Å². The van der Waals surface area contributed by atoms with Crippen LogP contribution in [0.4, 0.5) is 0 Å². The minimum Gasteiger partial charge on any atom is -0.496 e. The third-order valence-corrected chi connectivity index (χ3v) is 6.12. The van der Waals surface area contributed by atoms with Gasteiger partial charge in [0.25, 0.3) is 0 Å². The van der Waals surface area contributed by atoms with Gasteiger partial charge in [-0.2, -0.15) is 0 Å². The Kier molecular flexibility index (Phi) is 8.46. The molecular formula is C24H27ClN2O7. The summed E-state index contributed by atoms with van der Waals surface area (Å²) in [4.78, 5) is 43.5. The first-order valence-corrected chi connectivity index (χ1v) is 11.1. The Balaban J connectivity index is 1.91. The molecule has 10 heteroatoms. The first-order valence-electron chi connectivity index (χ1n) is 10.7. The molecule has 2 unspecified atom stereocenters. The highest BCUT2D eigenvalue weighted by molar-refractivity contribution is 6.32. The maximum absolute atomic E-state index is 13.5. The highest BCUT2D eigenvalue weighted by Crippen LogP contribution is 2.38. The number of hydrogen-bond donors (Lipinski definition) is 0. The number of ketones is 1. The van der Waals surface area contributed by atoms with E-state index in [0.29, 0.717) is 5.75 Å². The fourth-order valence-electron chi connectivity index (χ4n) is 4.03. The molecule has 182 valence electrons. The van der Waals surface area contributed by atoms with Crippen LogP contribution in [0.15, 0.2) is 30.5 Å². The molecule has 1 aliphatic heterocycles. The Morgan fingerprint density at radius 3 is 2.56 bits per heavy atom. The normalized spacial score (nSPS) is 17.8. The van der Waals surface area contributed by atoms with Crippen molar-refractivity contribution < 1.29 is 33.3 Å². The standard InChI is InChI=1S/C24H27ClN2O7/c1-14(28)33-13-18-15(7-9-27(18)2)10-19(29)22-20(32-4)11-16(31-3)12-21(22)34-24(30)17-6-5-8-26-23(17)25/h5-6,8,11-12,15,18H,7,9-10,13H2,1-4H3. The van der Waals surface area contributed by atoms with Crippen LogP contribution >= 0.6 is 11.6 Å². The number of carbonyl (C=O) groups excluding carboxylic acids is 3. The van der Waals surface area contributed by atoms with Crippen LogP contribution in [0.3, 0.4) is 0 Å². The van der Waals surface area contributed by atoms with Gasteiger partial charge in [0.15, 0.2) is 5.78 Å². The Bertz CT molecular complexity index is 1080. The van der Waals surface area contributed by atoms with Crippen molar-refractivity contribution in [1.29, 1.82) is 0 Å². The van der Waals surface area contributed by atoms with E-state index in [-0.39, 0.29) is 64.5 Å². The molecule has 2 heterocycles. The van der Waals surface area contributed by atoms with Gasteiger partial charge in [-0.05, 0) is 38.1 Å². The van der Waals surface area contributed by atoms with Crippen molar-refractivity contribution in [3.8, 4) is 17.2 Å². The molecule has 0 amide bonds. The number of aromatic nitrogens is 1. The van der Waals surface area contributed by atoms with Crippen molar-refractivity contribution in [2.24, 2.45) is 5.92 Å². The Labute approximate surface area is 202 Å². The van der Waals surface area contributed by atoms with Crippen LogP contribution in [0, 0.1) is 5.92 Å². The van der Waals surface area contributed by atoms with Crippen LogP contribution in [-0.4, -0.2) is 68.1 Å². The smallest absolute Gasteiger partial charge is 0.346 e. The van der Waals surface area contributed by atoms with Crippen LogP contribution < -0.4 is 14.2 Å². The second-order valence-corrected chi connectivity index (χ2v) is 8.32. The predicted octanol–water partition coefficient (Wildman–Crippen LogP) is 3.43. The predicted molar refractivity (Wildman–Crippen MR) is 124 cm³/mol. The van der Waals surface area contributed by atoms with E-state index in [1.165, 1.54) is 39.5 Å². The Morgan fingerprint density at radius 1 is 1.18 bits per heavy atom. The molecule has 3 rings (SSSR count). The lowest BCUT2D eigenvalue weighted by Gasteiger charge is -2.24. The van der Waals surface area contributed by atoms with Gasteiger partial charge < -0.3 is 18.9 Å². The molecular weight excluding hydrogens is 464 g/mol. The number of halogens is 1. The average Bonchev–Trinajstić information content (AvgIpc) is 3.15. The summed E-state index contributed by atoms with van der Waals surface area (Å²) in [5.74, 6) is -0.905. The number of esters is 2. The van der Waals surface area contributed by atoms with Crippen molar-refractivity contribution in [3.63, 3.8) is 0 Å². The van der Waals surface area contributed by atoms with Gasteiger partial charge >= 0.3 is 11.9 Å². The molecule has 0 radical (unpaired) electrons. The highest BCUT2D eigenvalue weighted by Gasteiger charge is 2.35. The number of carbonyl (C=O) groups is 3. The van der Waals surface area contributed by atoms with Gasteiger partial charge in [0, 0.05) is 37.7 Å². The SMILES string of the molecule is COc1cc(OC)c(C(=O)CC2CCN(C)C2COC(C)=O)c(OC(=O)c2cccnc2Cl)c1. The summed E-state index contributed by atoms with van der Waals surface area (Å²) in [5.41, 5.74) is 0.181. The molecule has 0 saturated carbocycles. The minimum absolute atomic E-state index is 0.00555. The fourth-order valence-corrected chi connectivity index (χ4v) is 4.22. The van der Waals surface area contributed by atoms with Gasteiger partial charge in [-0.3, -0.25) is 14.5 Å². The lowest BCUT2D eigenvalue weighted by molar-refractivity contribution is -0.142. The number of nitrogens with zero attached hydrogens (tertiary/aromatic N) is 2. The molecule has 9 nitrogen and oxygen atoms in total. The van der Waals surface area contributed by atoms with Crippen LogP contribution in [-0.2, 0) is 9.53 Å². The zero-order valence-corrected chi connectivity index (χ0v) is 20.3. The molecule has 1 aromatic heterocycles.